The van der Waals surface area contributed by atoms with Gasteiger partial charge in [-0.15, -0.1) is 0 Å². The van der Waals surface area contributed by atoms with Gasteiger partial charge in [-0.25, -0.2) is 13.1 Å². The summed E-state index contributed by atoms with van der Waals surface area (Å²) in [4.78, 5) is 0. The minimum Gasteiger partial charge on any atom is -0.282 e. The SMILES string of the molecule is O=S(=O)(CC1CCCC1)NCc1n[nH]c2c1CCCCC2. The lowest BCUT2D eigenvalue weighted by molar-refractivity contribution is 0.546. The van der Waals surface area contributed by atoms with Crippen molar-refractivity contribution in [2.24, 2.45) is 5.92 Å². The van der Waals surface area contributed by atoms with Gasteiger partial charge in [0.25, 0.3) is 0 Å². The number of nitrogens with one attached hydrogen (secondary N) is 2. The van der Waals surface area contributed by atoms with Crippen LogP contribution >= 0.6 is 0 Å². The third kappa shape index (κ3) is 3.86. The summed E-state index contributed by atoms with van der Waals surface area (Å²) in [6.45, 7) is 0.334. The summed E-state index contributed by atoms with van der Waals surface area (Å²) in [5.41, 5.74) is 3.34. The zero-order chi connectivity index (χ0) is 14.7. The molecule has 1 saturated carbocycles. The highest BCUT2D eigenvalue weighted by atomic mass is 32.2. The van der Waals surface area contributed by atoms with Gasteiger partial charge < -0.3 is 0 Å². The molecular weight excluding hydrogens is 286 g/mol. The van der Waals surface area contributed by atoms with Gasteiger partial charge in [0.05, 0.1) is 18.0 Å². The van der Waals surface area contributed by atoms with Crippen LogP contribution < -0.4 is 4.72 Å². The van der Waals surface area contributed by atoms with Crippen LogP contribution in [-0.2, 0) is 29.4 Å². The average molecular weight is 311 g/mol. The number of hydrogen-bond acceptors (Lipinski definition) is 3. The van der Waals surface area contributed by atoms with Gasteiger partial charge in [-0.05, 0) is 50.0 Å². The standard InChI is InChI=1S/C15H25N3O2S/c19-21(20,11-12-6-4-5-7-12)16-10-15-13-8-2-1-3-9-14(13)17-18-15/h12,16H,1-11H2,(H,17,18). The number of H-pyrrole nitrogens is 1. The van der Waals surface area contributed by atoms with Crippen molar-refractivity contribution in [3.8, 4) is 0 Å². The normalized spacial score (nSPS) is 20.4. The summed E-state index contributed by atoms with van der Waals surface area (Å²) < 4.78 is 27.1. The van der Waals surface area contributed by atoms with E-state index in [9.17, 15) is 8.42 Å². The Hall–Kier alpha value is -0.880. The third-order valence-corrected chi connectivity index (χ3v) is 6.28. The van der Waals surface area contributed by atoms with E-state index in [0.29, 0.717) is 12.5 Å². The van der Waals surface area contributed by atoms with E-state index >= 15 is 0 Å². The third-order valence-electron chi connectivity index (χ3n) is 4.78. The summed E-state index contributed by atoms with van der Waals surface area (Å²) >= 11 is 0. The van der Waals surface area contributed by atoms with Crippen LogP contribution in [0.1, 0.15) is 61.9 Å². The first kappa shape index (κ1) is 15.0. The number of aryl methyl sites for hydroxylation is 1. The summed E-state index contributed by atoms with van der Waals surface area (Å²) in [6.07, 6.45) is 10.1. The number of aromatic nitrogens is 2. The van der Waals surface area contributed by atoms with Gasteiger partial charge in [0.2, 0.25) is 10.0 Å². The van der Waals surface area contributed by atoms with Crippen molar-refractivity contribution in [3.05, 3.63) is 17.0 Å². The van der Waals surface area contributed by atoms with Crippen molar-refractivity contribution in [2.45, 2.75) is 64.3 Å². The maximum atomic E-state index is 12.2. The first-order valence-corrected chi connectivity index (χ1v) is 9.81. The number of rotatable bonds is 5. The predicted molar refractivity (Wildman–Crippen MR) is 82.4 cm³/mol. The van der Waals surface area contributed by atoms with E-state index in [1.54, 1.807) is 0 Å². The molecule has 1 aromatic heterocycles. The van der Waals surface area contributed by atoms with Crippen LogP contribution in [0.5, 0.6) is 0 Å². The van der Waals surface area contributed by atoms with E-state index in [4.69, 9.17) is 0 Å². The second-order valence-corrected chi connectivity index (χ2v) is 8.29. The van der Waals surface area contributed by atoms with Crippen molar-refractivity contribution < 1.29 is 8.42 Å². The van der Waals surface area contributed by atoms with Crippen LogP contribution in [0.3, 0.4) is 0 Å². The lowest BCUT2D eigenvalue weighted by Crippen LogP contribution is -2.29. The molecule has 1 fully saturated rings. The molecule has 21 heavy (non-hydrogen) atoms. The molecule has 2 N–H and O–H groups in total. The Balaban J connectivity index is 1.60. The Bertz CT molecular complexity index is 574. The van der Waals surface area contributed by atoms with E-state index in [2.05, 4.69) is 14.9 Å². The maximum Gasteiger partial charge on any atom is 0.212 e. The van der Waals surface area contributed by atoms with Crippen molar-refractivity contribution >= 4 is 10.0 Å². The number of sulfonamides is 1. The Morgan fingerprint density at radius 2 is 1.86 bits per heavy atom. The molecule has 2 aliphatic carbocycles. The lowest BCUT2D eigenvalue weighted by atomic mass is 10.1. The van der Waals surface area contributed by atoms with Crippen LogP contribution in [0.15, 0.2) is 0 Å². The molecule has 0 aromatic carbocycles. The molecule has 1 heterocycles. The van der Waals surface area contributed by atoms with Crippen LogP contribution in [0.2, 0.25) is 0 Å². The Kier molecular flexibility index (Phi) is 4.64. The summed E-state index contributed by atoms with van der Waals surface area (Å²) in [7, 11) is -3.18. The number of aromatic amines is 1. The topological polar surface area (TPSA) is 74.8 Å². The Morgan fingerprint density at radius 3 is 2.67 bits per heavy atom. The fourth-order valence-electron chi connectivity index (χ4n) is 3.60. The largest absolute Gasteiger partial charge is 0.282 e. The van der Waals surface area contributed by atoms with E-state index in [-0.39, 0.29) is 5.75 Å². The van der Waals surface area contributed by atoms with Gasteiger partial charge in [0.15, 0.2) is 0 Å². The fourth-order valence-corrected chi connectivity index (χ4v) is 5.03. The molecule has 6 heteroatoms. The monoisotopic (exact) mass is 311 g/mol. The number of fused-ring (bicyclic) bond motifs is 1. The molecular formula is C15H25N3O2S. The Labute approximate surface area is 127 Å². The van der Waals surface area contributed by atoms with Gasteiger partial charge in [0, 0.05) is 5.69 Å². The van der Waals surface area contributed by atoms with E-state index in [1.807, 2.05) is 0 Å². The number of hydrogen-bond donors (Lipinski definition) is 2. The highest BCUT2D eigenvalue weighted by molar-refractivity contribution is 7.89. The molecule has 0 aliphatic heterocycles. The molecule has 118 valence electrons. The van der Waals surface area contributed by atoms with Crippen molar-refractivity contribution in [1.82, 2.24) is 14.9 Å². The summed E-state index contributed by atoms with van der Waals surface area (Å²) in [5.74, 6) is 0.624. The first-order chi connectivity index (χ1) is 10.1. The van der Waals surface area contributed by atoms with Crippen LogP contribution in [0.4, 0.5) is 0 Å². The second kappa shape index (κ2) is 6.48. The molecule has 0 saturated heterocycles. The molecule has 0 spiro atoms. The zero-order valence-electron chi connectivity index (χ0n) is 12.5. The minimum atomic E-state index is -3.18. The summed E-state index contributed by atoms with van der Waals surface area (Å²) in [5, 5.41) is 7.41. The van der Waals surface area contributed by atoms with Crippen LogP contribution in [-0.4, -0.2) is 24.4 Å². The lowest BCUT2D eigenvalue weighted by Gasteiger charge is -2.11. The average Bonchev–Trinajstić information content (AvgIpc) is 3.01. The van der Waals surface area contributed by atoms with Gasteiger partial charge in [-0.1, -0.05) is 19.3 Å². The number of nitrogens with zero attached hydrogens (tertiary/aromatic N) is 1. The molecule has 0 radical (unpaired) electrons. The molecule has 1 aromatic rings. The molecule has 0 bridgehead atoms. The highest BCUT2D eigenvalue weighted by Crippen LogP contribution is 2.26. The molecule has 0 atom stereocenters. The molecule has 5 nitrogen and oxygen atoms in total. The summed E-state index contributed by atoms with van der Waals surface area (Å²) in [6, 6.07) is 0. The van der Waals surface area contributed by atoms with Crippen molar-refractivity contribution in [1.29, 1.82) is 0 Å². The smallest absolute Gasteiger partial charge is 0.212 e. The molecule has 3 rings (SSSR count). The second-order valence-electron chi connectivity index (χ2n) is 6.44. The molecule has 2 aliphatic rings. The first-order valence-electron chi connectivity index (χ1n) is 8.16. The van der Waals surface area contributed by atoms with E-state index < -0.39 is 10.0 Å². The molecule has 0 amide bonds. The predicted octanol–water partition coefficient (Wildman–Crippen LogP) is 2.29. The van der Waals surface area contributed by atoms with Crippen molar-refractivity contribution in [2.75, 3.05) is 5.75 Å². The zero-order valence-corrected chi connectivity index (χ0v) is 13.3. The fraction of sp³-hybridized carbons (Fsp3) is 0.800. The van der Waals surface area contributed by atoms with Crippen LogP contribution in [0.25, 0.3) is 0 Å². The molecule has 0 unspecified atom stereocenters. The van der Waals surface area contributed by atoms with Gasteiger partial charge in [-0.2, -0.15) is 5.10 Å². The minimum absolute atomic E-state index is 0.277. The Morgan fingerprint density at radius 1 is 1.10 bits per heavy atom. The quantitative estimate of drug-likeness (QED) is 0.819. The van der Waals surface area contributed by atoms with E-state index in [0.717, 1.165) is 31.4 Å². The highest BCUT2D eigenvalue weighted by Gasteiger charge is 2.23. The maximum absolute atomic E-state index is 12.2. The van der Waals surface area contributed by atoms with E-state index in [1.165, 1.54) is 43.4 Å². The van der Waals surface area contributed by atoms with Gasteiger partial charge >= 0.3 is 0 Å². The van der Waals surface area contributed by atoms with Gasteiger partial charge in [-0.3, -0.25) is 5.10 Å². The van der Waals surface area contributed by atoms with Crippen LogP contribution in [0, 0.1) is 5.92 Å². The van der Waals surface area contributed by atoms with Crippen molar-refractivity contribution in [3.63, 3.8) is 0 Å². The van der Waals surface area contributed by atoms with Gasteiger partial charge in [0.1, 0.15) is 0 Å².